The van der Waals surface area contributed by atoms with Crippen LogP contribution < -0.4 is 9.08 Å². The summed E-state index contributed by atoms with van der Waals surface area (Å²) in [6.45, 7) is 5.99. The van der Waals surface area contributed by atoms with Gasteiger partial charge in [-0.2, -0.15) is 8.42 Å². The predicted octanol–water partition coefficient (Wildman–Crippen LogP) is 4.08. The van der Waals surface area contributed by atoms with Crippen molar-refractivity contribution in [3.05, 3.63) is 82.5 Å². The van der Waals surface area contributed by atoms with Gasteiger partial charge in [-0.05, 0) is 67.4 Å². The van der Waals surface area contributed by atoms with Crippen molar-refractivity contribution in [2.24, 2.45) is 0 Å². The van der Waals surface area contributed by atoms with Crippen LogP contribution in [0.15, 0.2) is 65.7 Å². The van der Waals surface area contributed by atoms with Crippen LogP contribution in [0.3, 0.4) is 0 Å². The third-order valence-electron chi connectivity index (χ3n) is 5.52. The number of aryl methyl sites for hydroxylation is 2. The maximum absolute atomic E-state index is 12.9. The summed E-state index contributed by atoms with van der Waals surface area (Å²) in [5, 5.41) is 0.585. The molecule has 0 atom stereocenters. The summed E-state index contributed by atoms with van der Waals surface area (Å²) in [6, 6.07) is 15.0. The van der Waals surface area contributed by atoms with Crippen molar-refractivity contribution in [3.8, 4) is 5.75 Å². The molecule has 3 aromatic rings. The largest absolute Gasteiger partial charge is 0.379 e. The number of amides is 1. The first-order chi connectivity index (χ1) is 15.7. The Morgan fingerprint density at radius 3 is 2.30 bits per heavy atom. The number of nitrogens with zero attached hydrogens (tertiary/aromatic N) is 3. The number of pyridine rings is 1. The van der Waals surface area contributed by atoms with Gasteiger partial charge in [0.1, 0.15) is 16.5 Å². The lowest BCUT2D eigenvalue weighted by molar-refractivity contribution is 0.0746. The van der Waals surface area contributed by atoms with E-state index in [0.29, 0.717) is 42.3 Å². The molecule has 0 bridgehead atoms. The minimum Gasteiger partial charge on any atom is -0.379 e. The first kappa shape index (κ1) is 23.1. The minimum absolute atomic E-state index is 0.109. The maximum atomic E-state index is 12.9. The molecule has 1 amide bonds. The molecule has 1 aliphatic heterocycles. The lowest BCUT2D eigenvalue weighted by Gasteiger charge is -2.35. The molecule has 0 saturated carbocycles. The van der Waals surface area contributed by atoms with Crippen LogP contribution in [0, 0.1) is 13.8 Å². The highest BCUT2D eigenvalue weighted by Gasteiger charge is 2.24. The van der Waals surface area contributed by atoms with E-state index in [1.54, 1.807) is 48.4 Å². The molecule has 1 fully saturated rings. The normalized spacial score (nSPS) is 14.3. The van der Waals surface area contributed by atoms with Crippen molar-refractivity contribution in [1.29, 1.82) is 0 Å². The molecule has 9 heteroatoms. The summed E-state index contributed by atoms with van der Waals surface area (Å²) in [4.78, 5) is 21.2. The molecule has 4 rings (SSSR count). The molecule has 1 aliphatic rings. The number of carbonyl (C=O) groups is 1. The van der Waals surface area contributed by atoms with Crippen LogP contribution in [0.1, 0.15) is 21.5 Å². The number of rotatable bonds is 5. The zero-order valence-electron chi connectivity index (χ0n) is 18.4. The molecular weight excluding hydrogens is 462 g/mol. The van der Waals surface area contributed by atoms with Crippen molar-refractivity contribution in [3.63, 3.8) is 0 Å². The number of hydrogen-bond acceptors (Lipinski definition) is 6. The van der Waals surface area contributed by atoms with Crippen LogP contribution in [-0.2, 0) is 10.1 Å². The Balaban J connectivity index is 1.39. The van der Waals surface area contributed by atoms with Crippen molar-refractivity contribution in [1.82, 2.24) is 9.88 Å². The Bertz CT molecular complexity index is 1250. The fraction of sp³-hybridized carbons (Fsp3) is 0.250. The van der Waals surface area contributed by atoms with Crippen LogP contribution in [0.4, 0.5) is 5.82 Å². The van der Waals surface area contributed by atoms with Gasteiger partial charge in [0.15, 0.2) is 0 Å². The Morgan fingerprint density at radius 2 is 1.67 bits per heavy atom. The van der Waals surface area contributed by atoms with E-state index in [1.165, 1.54) is 12.1 Å². The fourth-order valence-corrected chi connectivity index (χ4v) is 5.04. The molecule has 0 N–H and O–H groups in total. The van der Waals surface area contributed by atoms with Crippen LogP contribution in [0.2, 0.25) is 5.02 Å². The Labute approximate surface area is 198 Å². The van der Waals surface area contributed by atoms with Gasteiger partial charge < -0.3 is 14.0 Å². The number of piperazine rings is 1. The van der Waals surface area contributed by atoms with E-state index in [4.69, 9.17) is 15.8 Å². The molecule has 7 nitrogen and oxygen atoms in total. The van der Waals surface area contributed by atoms with Gasteiger partial charge in [0, 0.05) is 37.9 Å². The zero-order chi connectivity index (χ0) is 23.6. The van der Waals surface area contributed by atoms with Crippen molar-refractivity contribution < 1.29 is 17.4 Å². The number of carbonyl (C=O) groups excluding carboxylic acids is 1. The van der Waals surface area contributed by atoms with E-state index in [-0.39, 0.29) is 16.6 Å². The van der Waals surface area contributed by atoms with Gasteiger partial charge >= 0.3 is 10.1 Å². The first-order valence-corrected chi connectivity index (χ1v) is 12.3. The van der Waals surface area contributed by atoms with Crippen LogP contribution >= 0.6 is 11.6 Å². The van der Waals surface area contributed by atoms with Crippen molar-refractivity contribution in [2.75, 3.05) is 31.1 Å². The number of hydrogen-bond donors (Lipinski definition) is 0. The number of benzene rings is 2. The quantitative estimate of drug-likeness (QED) is 0.506. The molecule has 1 aromatic heterocycles. The van der Waals surface area contributed by atoms with Crippen LogP contribution in [0.25, 0.3) is 0 Å². The monoisotopic (exact) mass is 485 g/mol. The highest BCUT2D eigenvalue weighted by molar-refractivity contribution is 7.87. The zero-order valence-corrected chi connectivity index (χ0v) is 19.9. The van der Waals surface area contributed by atoms with E-state index in [2.05, 4.69) is 9.88 Å². The second kappa shape index (κ2) is 9.41. The molecule has 1 saturated heterocycles. The van der Waals surface area contributed by atoms with Gasteiger partial charge in [0.05, 0.1) is 5.02 Å². The summed E-state index contributed by atoms with van der Waals surface area (Å²) in [5.74, 6) is 0.881. The number of anilines is 1. The highest BCUT2D eigenvalue weighted by Crippen LogP contribution is 2.23. The fourth-order valence-electron chi connectivity index (χ4n) is 3.68. The van der Waals surface area contributed by atoms with Gasteiger partial charge in [-0.15, -0.1) is 0 Å². The van der Waals surface area contributed by atoms with Crippen molar-refractivity contribution >= 4 is 33.4 Å². The van der Waals surface area contributed by atoms with Gasteiger partial charge in [0.25, 0.3) is 5.91 Å². The molecule has 0 unspecified atom stereocenters. The molecule has 0 spiro atoms. The average Bonchev–Trinajstić information content (AvgIpc) is 2.81. The maximum Gasteiger partial charge on any atom is 0.339 e. The third kappa shape index (κ3) is 5.29. The molecule has 172 valence electrons. The van der Waals surface area contributed by atoms with E-state index in [9.17, 15) is 13.2 Å². The van der Waals surface area contributed by atoms with Crippen molar-refractivity contribution in [2.45, 2.75) is 18.7 Å². The number of halogens is 1. The second-order valence-corrected chi connectivity index (χ2v) is 9.90. The number of aromatic nitrogens is 1. The van der Waals surface area contributed by atoms with E-state index in [0.717, 1.165) is 11.4 Å². The standard InChI is InChI=1S/C24H24ClN3O4S/c1-17-3-4-18(2)22(15-17)33(30,31)32-21-8-5-19(6-9-21)24(29)28-13-11-27(12-14-28)23-10-7-20(25)16-26-23/h3-10,15-16H,11-14H2,1-2H3. The topological polar surface area (TPSA) is 79.8 Å². The van der Waals surface area contributed by atoms with E-state index >= 15 is 0 Å². The smallest absolute Gasteiger partial charge is 0.339 e. The first-order valence-electron chi connectivity index (χ1n) is 10.5. The molecule has 2 heterocycles. The van der Waals surface area contributed by atoms with Crippen LogP contribution in [0.5, 0.6) is 5.75 Å². The molecule has 0 aliphatic carbocycles. The Hall–Kier alpha value is -3.10. The van der Waals surface area contributed by atoms with Gasteiger partial charge in [0.2, 0.25) is 0 Å². The Morgan fingerprint density at radius 1 is 0.970 bits per heavy atom. The Kier molecular flexibility index (Phi) is 6.58. The van der Waals surface area contributed by atoms with Crippen LogP contribution in [-0.4, -0.2) is 50.4 Å². The lowest BCUT2D eigenvalue weighted by Crippen LogP contribution is -2.49. The average molecular weight is 486 g/mol. The van der Waals surface area contributed by atoms with Gasteiger partial charge in [-0.25, -0.2) is 4.98 Å². The third-order valence-corrected chi connectivity index (χ3v) is 7.14. The van der Waals surface area contributed by atoms with Gasteiger partial charge in [-0.1, -0.05) is 23.7 Å². The van der Waals surface area contributed by atoms with E-state index in [1.807, 2.05) is 19.1 Å². The predicted molar refractivity (Wildman–Crippen MR) is 128 cm³/mol. The minimum atomic E-state index is -3.97. The molecule has 2 aromatic carbocycles. The molecule has 33 heavy (non-hydrogen) atoms. The summed E-state index contributed by atoms with van der Waals surface area (Å²) >= 11 is 5.90. The SMILES string of the molecule is Cc1ccc(C)c(S(=O)(=O)Oc2ccc(C(=O)N3CCN(c4ccc(Cl)cn4)CC3)cc2)c1. The van der Waals surface area contributed by atoms with E-state index < -0.39 is 10.1 Å². The molecular formula is C24H24ClN3O4S. The van der Waals surface area contributed by atoms with Gasteiger partial charge in [-0.3, -0.25) is 4.79 Å². The summed E-state index contributed by atoms with van der Waals surface area (Å²) in [6.07, 6.45) is 1.61. The summed E-state index contributed by atoms with van der Waals surface area (Å²) in [7, 11) is -3.97. The summed E-state index contributed by atoms with van der Waals surface area (Å²) in [5.41, 5.74) is 1.92. The summed E-state index contributed by atoms with van der Waals surface area (Å²) < 4.78 is 30.7. The molecule has 0 radical (unpaired) electrons. The second-order valence-electron chi connectivity index (χ2n) is 7.94. The highest BCUT2D eigenvalue weighted by atomic mass is 35.5. The lowest BCUT2D eigenvalue weighted by atomic mass is 10.1.